The average Bonchev–Trinajstić information content (AvgIpc) is 2.47. The molecular formula is C14H9FN2O2S. The molecule has 1 amide bonds. The SMILES string of the molecule is O=C(NS)c1cc2[nH]c3ccccc3c(=O)c2cc1F. The lowest BCUT2D eigenvalue weighted by Crippen LogP contribution is -2.15. The van der Waals surface area contributed by atoms with Crippen LogP contribution in [-0.4, -0.2) is 10.9 Å². The number of thiol groups is 1. The third-order valence-electron chi connectivity index (χ3n) is 3.14. The van der Waals surface area contributed by atoms with Crippen molar-refractivity contribution >= 4 is 40.5 Å². The Morgan fingerprint density at radius 2 is 1.90 bits per heavy atom. The number of amides is 1. The summed E-state index contributed by atoms with van der Waals surface area (Å²) in [7, 11) is 0. The van der Waals surface area contributed by atoms with Crippen molar-refractivity contribution in [2.75, 3.05) is 0 Å². The van der Waals surface area contributed by atoms with Gasteiger partial charge in [0.25, 0.3) is 5.91 Å². The molecule has 0 aliphatic carbocycles. The Bertz CT molecular complexity index is 905. The lowest BCUT2D eigenvalue weighted by Gasteiger charge is -2.06. The molecule has 0 fully saturated rings. The summed E-state index contributed by atoms with van der Waals surface area (Å²) >= 11 is 3.61. The zero-order valence-corrected chi connectivity index (χ0v) is 11.0. The number of benzene rings is 2. The Morgan fingerprint density at radius 1 is 1.15 bits per heavy atom. The molecule has 0 atom stereocenters. The normalized spacial score (nSPS) is 10.9. The number of rotatable bonds is 1. The quantitative estimate of drug-likeness (QED) is 0.475. The predicted octanol–water partition coefficient (Wildman–Crippen LogP) is 2.40. The zero-order chi connectivity index (χ0) is 14.3. The van der Waals surface area contributed by atoms with Crippen LogP contribution in [0.5, 0.6) is 0 Å². The maximum Gasteiger partial charge on any atom is 0.263 e. The van der Waals surface area contributed by atoms with Crippen molar-refractivity contribution < 1.29 is 9.18 Å². The van der Waals surface area contributed by atoms with Gasteiger partial charge >= 0.3 is 0 Å². The molecule has 0 unspecified atom stereocenters. The number of pyridine rings is 1. The number of aromatic amines is 1. The smallest absolute Gasteiger partial charge is 0.263 e. The van der Waals surface area contributed by atoms with Crippen LogP contribution in [0.1, 0.15) is 10.4 Å². The van der Waals surface area contributed by atoms with Gasteiger partial charge in [0.2, 0.25) is 0 Å². The summed E-state index contributed by atoms with van der Waals surface area (Å²) in [5.41, 5.74) is 0.598. The van der Waals surface area contributed by atoms with E-state index in [0.29, 0.717) is 16.4 Å². The molecule has 0 radical (unpaired) electrons. The van der Waals surface area contributed by atoms with Gasteiger partial charge in [0.15, 0.2) is 5.43 Å². The highest BCUT2D eigenvalue weighted by atomic mass is 32.1. The lowest BCUT2D eigenvalue weighted by atomic mass is 10.1. The van der Waals surface area contributed by atoms with Gasteiger partial charge in [-0.2, -0.15) is 0 Å². The van der Waals surface area contributed by atoms with Crippen LogP contribution >= 0.6 is 12.8 Å². The third kappa shape index (κ3) is 1.85. The molecule has 100 valence electrons. The molecule has 0 saturated carbocycles. The van der Waals surface area contributed by atoms with E-state index in [1.54, 1.807) is 24.3 Å². The number of hydrogen-bond acceptors (Lipinski definition) is 3. The first-order valence-corrected chi connectivity index (χ1v) is 6.25. The topological polar surface area (TPSA) is 62.0 Å². The van der Waals surface area contributed by atoms with Crippen LogP contribution in [-0.2, 0) is 0 Å². The van der Waals surface area contributed by atoms with Crippen LogP contribution in [0.25, 0.3) is 21.8 Å². The fourth-order valence-corrected chi connectivity index (χ4v) is 2.30. The third-order valence-corrected chi connectivity index (χ3v) is 3.34. The van der Waals surface area contributed by atoms with E-state index in [4.69, 9.17) is 0 Å². The second kappa shape index (κ2) is 4.64. The predicted molar refractivity (Wildman–Crippen MR) is 78.5 cm³/mol. The molecule has 0 spiro atoms. The van der Waals surface area contributed by atoms with Gasteiger partial charge in [0, 0.05) is 16.3 Å². The minimum atomic E-state index is -0.759. The summed E-state index contributed by atoms with van der Waals surface area (Å²) in [5.74, 6) is -1.42. The van der Waals surface area contributed by atoms with Crippen molar-refractivity contribution in [2.24, 2.45) is 0 Å². The summed E-state index contributed by atoms with van der Waals surface area (Å²) in [6.07, 6.45) is 0. The molecule has 1 heterocycles. The van der Waals surface area contributed by atoms with E-state index in [-0.39, 0.29) is 16.4 Å². The van der Waals surface area contributed by atoms with E-state index < -0.39 is 11.7 Å². The minimum absolute atomic E-state index is 0.168. The summed E-state index contributed by atoms with van der Waals surface area (Å²) in [6.45, 7) is 0. The van der Waals surface area contributed by atoms with Crippen molar-refractivity contribution in [1.29, 1.82) is 0 Å². The summed E-state index contributed by atoms with van der Waals surface area (Å²) in [4.78, 5) is 26.8. The van der Waals surface area contributed by atoms with Crippen LogP contribution in [0.15, 0.2) is 41.2 Å². The Hall–Kier alpha value is -2.34. The molecule has 0 bridgehead atoms. The van der Waals surface area contributed by atoms with Crippen molar-refractivity contribution in [2.45, 2.75) is 0 Å². The monoisotopic (exact) mass is 288 g/mol. The van der Waals surface area contributed by atoms with Gasteiger partial charge < -0.3 is 4.98 Å². The van der Waals surface area contributed by atoms with Crippen LogP contribution in [0.2, 0.25) is 0 Å². The first-order chi connectivity index (χ1) is 9.61. The van der Waals surface area contributed by atoms with Crippen molar-refractivity contribution in [3.05, 3.63) is 58.0 Å². The molecular weight excluding hydrogens is 279 g/mol. The van der Waals surface area contributed by atoms with E-state index in [0.717, 1.165) is 6.07 Å². The largest absolute Gasteiger partial charge is 0.354 e. The second-order valence-electron chi connectivity index (χ2n) is 4.32. The fourth-order valence-electron chi connectivity index (χ4n) is 2.18. The number of H-pyrrole nitrogens is 1. The van der Waals surface area contributed by atoms with E-state index >= 15 is 0 Å². The standard InChI is InChI=1S/C14H9FN2O2S/c15-10-5-9-12(6-8(10)14(19)17-20)16-11-4-2-1-3-7(11)13(9)18/h1-6,20H,(H,16,18)(H,17,19). The van der Waals surface area contributed by atoms with Gasteiger partial charge in [-0.1, -0.05) is 24.9 Å². The average molecular weight is 288 g/mol. The number of aromatic nitrogens is 1. The number of hydrogen-bond donors (Lipinski definition) is 3. The number of carbonyl (C=O) groups is 1. The molecule has 0 saturated heterocycles. The molecule has 0 aliphatic rings. The highest BCUT2D eigenvalue weighted by Crippen LogP contribution is 2.18. The van der Waals surface area contributed by atoms with Crippen LogP contribution < -0.4 is 10.2 Å². The molecule has 2 aromatic carbocycles. The van der Waals surface area contributed by atoms with E-state index in [9.17, 15) is 14.0 Å². The number of fused-ring (bicyclic) bond motifs is 2. The van der Waals surface area contributed by atoms with Gasteiger partial charge in [-0.3, -0.25) is 14.3 Å². The minimum Gasteiger partial charge on any atom is -0.354 e. The zero-order valence-electron chi connectivity index (χ0n) is 10.1. The molecule has 1 aromatic heterocycles. The first kappa shape index (κ1) is 12.7. The Morgan fingerprint density at radius 3 is 2.65 bits per heavy atom. The highest BCUT2D eigenvalue weighted by Gasteiger charge is 2.14. The van der Waals surface area contributed by atoms with E-state index in [2.05, 4.69) is 22.5 Å². The highest BCUT2D eigenvalue weighted by molar-refractivity contribution is 7.78. The van der Waals surface area contributed by atoms with Gasteiger partial charge in [-0.05, 0) is 24.3 Å². The molecule has 4 nitrogen and oxygen atoms in total. The molecule has 0 aliphatic heterocycles. The second-order valence-corrected chi connectivity index (χ2v) is 4.54. The number of halogens is 1. The summed E-state index contributed by atoms with van der Waals surface area (Å²) < 4.78 is 16.0. The van der Waals surface area contributed by atoms with Crippen LogP contribution in [0, 0.1) is 5.82 Å². The van der Waals surface area contributed by atoms with Crippen molar-refractivity contribution in [1.82, 2.24) is 9.71 Å². The Labute approximate surface area is 118 Å². The van der Waals surface area contributed by atoms with E-state index in [1.807, 2.05) is 0 Å². The van der Waals surface area contributed by atoms with Crippen LogP contribution in [0.3, 0.4) is 0 Å². The maximum atomic E-state index is 13.9. The molecule has 3 aromatic rings. The van der Waals surface area contributed by atoms with E-state index in [1.165, 1.54) is 6.07 Å². The van der Waals surface area contributed by atoms with Gasteiger partial charge in [-0.15, -0.1) is 0 Å². The molecule has 3 rings (SSSR count). The number of nitrogens with one attached hydrogen (secondary N) is 2. The van der Waals surface area contributed by atoms with Crippen molar-refractivity contribution in [3.8, 4) is 0 Å². The molecule has 6 heteroatoms. The number of para-hydroxylation sites is 1. The molecule has 2 N–H and O–H groups in total. The van der Waals surface area contributed by atoms with Crippen molar-refractivity contribution in [3.63, 3.8) is 0 Å². The van der Waals surface area contributed by atoms with Crippen LogP contribution in [0.4, 0.5) is 4.39 Å². The first-order valence-electron chi connectivity index (χ1n) is 5.80. The molecule has 20 heavy (non-hydrogen) atoms. The Balaban J connectivity index is 2.44. The fraction of sp³-hybridized carbons (Fsp3) is 0. The summed E-state index contributed by atoms with van der Waals surface area (Å²) in [6, 6.07) is 9.32. The van der Waals surface area contributed by atoms with Gasteiger partial charge in [0.1, 0.15) is 5.82 Å². The maximum absolute atomic E-state index is 13.9. The van der Waals surface area contributed by atoms with Gasteiger partial charge in [0.05, 0.1) is 11.1 Å². The summed E-state index contributed by atoms with van der Waals surface area (Å²) in [5, 5.41) is 0.683. The Kier molecular flexibility index (Phi) is 2.94. The lowest BCUT2D eigenvalue weighted by molar-refractivity contribution is 0.0981. The number of carbonyl (C=O) groups excluding carboxylic acids is 1. The van der Waals surface area contributed by atoms with Gasteiger partial charge in [-0.25, -0.2) is 4.39 Å².